The molecule has 0 radical (unpaired) electrons. The van der Waals surface area contributed by atoms with Crippen molar-refractivity contribution in [2.75, 3.05) is 26.2 Å². The van der Waals surface area contributed by atoms with Crippen molar-refractivity contribution in [1.29, 1.82) is 0 Å². The maximum absolute atomic E-state index is 12.2. The van der Waals surface area contributed by atoms with E-state index in [1.54, 1.807) is 0 Å². The van der Waals surface area contributed by atoms with Crippen LogP contribution in [0.25, 0.3) is 11.0 Å². The Bertz CT molecular complexity index is 1050. The summed E-state index contributed by atoms with van der Waals surface area (Å²) in [7, 11) is 0. The molecule has 2 fully saturated rings. The number of nitrogens with zero attached hydrogens (tertiary/aromatic N) is 4. The summed E-state index contributed by atoms with van der Waals surface area (Å²) in [6, 6.07) is 16.4. The first kappa shape index (κ1) is 20.2. The Hall–Kier alpha value is -2.70. The molecule has 1 aliphatic carbocycles. The molecule has 0 spiro atoms. The summed E-state index contributed by atoms with van der Waals surface area (Å²) in [5.41, 5.74) is 9.31. The normalized spacial score (nSPS) is 20.1. The zero-order chi connectivity index (χ0) is 21.3. The summed E-state index contributed by atoms with van der Waals surface area (Å²) in [4.78, 5) is 22.1. The number of fused-ring (bicyclic) bond motifs is 1. The molecule has 31 heavy (non-hydrogen) atoms. The molecule has 0 bridgehead atoms. The van der Waals surface area contributed by atoms with Gasteiger partial charge in [0.05, 0.1) is 28.6 Å². The quantitative estimate of drug-likeness (QED) is 0.689. The van der Waals surface area contributed by atoms with E-state index in [1.807, 2.05) is 24.5 Å². The van der Waals surface area contributed by atoms with Crippen molar-refractivity contribution in [1.82, 2.24) is 19.4 Å². The first-order valence-corrected chi connectivity index (χ1v) is 11.5. The lowest BCUT2D eigenvalue weighted by Gasteiger charge is -2.50. The van der Waals surface area contributed by atoms with Crippen LogP contribution in [0.15, 0.2) is 54.9 Å². The minimum atomic E-state index is -0.383. The molecule has 2 heterocycles. The van der Waals surface area contributed by atoms with Crippen molar-refractivity contribution in [2.24, 2.45) is 5.73 Å². The van der Waals surface area contributed by atoms with E-state index in [9.17, 15) is 4.79 Å². The van der Waals surface area contributed by atoms with Gasteiger partial charge in [-0.25, -0.2) is 4.98 Å². The first-order valence-electron chi connectivity index (χ1n) is 11.5. The number of carbonyl (C=O) groups is 1. The van der Waals surface area contributed by atoms with E-state index in [2.05, 4.69) is 49.7 Å². The second kappa shape index (κ2) is 8.44. The van der Waals surface area contributed by atoms with Gasteiger partial charge in [0.15, 0.2) is 0 Å². The highest BCUT2D eigenvalue weighted by Crippen LogP contribution is 2.41. The van der Waals surface area contributed by atoms with E-state index in [1.165, 1.54) is 24.8 Å². The van der Waals surface area contributed by atoms with Gasteiger partial charge in [0, 0.05) is 32.7 Å². The molecule has 0 atom stereocenters. The maximum Gasteiger partial charge on any atom is 0.250 e. The number of para-hydroxylation sites is 1. The molecule has 5 rings (SSSR count). The lowest BCUT2D eigenvalue weighted by atomic mass is 9.86. The number of carbonyl (C=O) groups excluding carboxylic acids is 1. The van der Waals surface area contributed by atoms with E-state index < -0.39 is 0 Å². The number of nitrogens with two attached hydrogens (primary N) is 1. The molecule has 3 aromatic rings. The highest BCUT2D eigenvalue weighted by Gasteiger charge is 2.42. The number of aromatic nitrogens is 2. The summed E-state index contributed by atoms with van der Waals surface area (Å²) in [6.07, 6.45) is 7.78. The van der Waals surface area contributed by atoms with Crippen molar-refractivity contribution in [3.05, 3.63) is 66.0 Å². The molecule has 1 aromatic heterocycles. The van der Waals surface area contributed by atoms with E-state index in [0.717, 1.165) is 56.6 Å². The molecule has 2 N–H and O–H groups in total. The van der Waals surface area contributed by atoms with E-state index >= 15 is 0 Å². The van der Waals surface area contributed by atoms with Gasteiger partial charge in [0.1, 0.15) is 0 Å². The van der Waals surface area contributed by atoms with Gasteiger partial charge in [-0.3, -0.25) is 14.6 Å². The van der Waals surface area contributed by atoms with Crippen LogP contribution in [-0.2, 0) is 12.2 Å². The number of rotatable bonds is 5. The molecule has 162 valence electrons. The number of benzene rings is 2. The first-order chi connectivity index (χ1) is 15.2. The van der Waals surface area contributed by atoms with Crippen molar-refractivity contribution >= 4 is 16.9 Å². The highest BCUT2D eigenvalue weighted by atomic mass is 16.1. The predicted octanol–water partition coefficient (Wildman–Crippen LogP) is 3.57. The molecule has 0 unspecified atom stereocenters. The molecular weight excluding hydrogens is 386 g/mol. The molecule has 1 saturated heterocycles. The largest absolute Gasteiger partial charge is 0.366 e. The van der Waals surface area contributed by atoms with Gasteiger partial charge in [-0.1, -0.05) is 42.8 Å². The smallest absolute Gasteiger partial charge is 0.250 e. The van der Waals surface area contributed by atoms with Gasteiger partial charge in [-0.2, -0.15) is 0 Å². The third kappa shape index (κ3) is 3.75. The standard InChI is InChI=1S/C25H31N5O/c26-24(31)21-10-7-11-22-23(21)30(19-27-22)25(12-5-2-6-13-25)29-16-14-28(15-17-29)18-20-8-3-1-4-9-20/h1,3-4,7-11,19H,2,5-6,12-18H2,(H2,26,31). The average molecular weight is 418 g/mol. The number of imidazole rings is 1. The Morgan fingerprint density at radius 2 is 1.68 bits per heavy atom. The minimum absolute atomic E-state index is 0.128. The zero-order valence-electron chi connectivity index (χ0n) is 18.0. The fourth-order valence-electron chi connectivity index (χ4n) is 5.57. The lowest BCUT2D eigenvalue weighted by molar-refractivity contribution is -0.0447. The van der Waals surface area contributed by atoms with E-state index in [4.69, 9.17) is 5.73 Å². The monoisotopic (exact) mass is 417 g/mol. The number of amides is 1. The van der Waals surface area contributed by atoms with Gasteiger partial charge >= 0.3 is 0 Å². The number of primary amides is 1. The van der Waals surface area contributed by atoms with Crippen molar-refractivity contribution in [3.63, 3.8) is 0 Å². The van der Waals surface area contributed by atoms with Crippen molar-refractivity contribution < 1.29 is 4.79 Å². The van der Waals surface area contributed by atoms with E-state index in [-0.39, 0.29) is 11.6 Å². The van der Waals surface area contributed by atoms with Crippen LogP contribution < -0.4 is 5.73 Å². The zero-order valence-corrected chi connectivity index (χ0v) is 18.0. The van der Waals surface area contributed by atoms with Gasteiger partial charge in [0.2, 0.25) is 0 Å². The second-order valence-electron chi connectivity index (χ2n) is 8.94. The summed E-state index contributed by atoms with van der Waals surface area (Å²) in [5.74, 6) is -0.383. The SMILES string of the molecule is NC(=O)c1cccc2ncn(C3(N4CCN(Cc5ccccc5)CC4)CCCCC3)c12. The summed E-state index contributed by atoms with van der Waals surface area (Å²) >= 11 is 0. The van der Waals surface area contributed by atoms with E-state index in [0.29, 0.717) is 5.56 Å². The molecular formula is C25H31N5O. The Morgan fingerprint density at radius 3 is 2.39 bits per heavy atom. The Kier molecular flexibility index (Phi) is 5.50. The predicted molar refractivity (Wildman–Crippen MR) is 123 cm³/mol. The van der Waals surface area contributed by atoms with Crippen molar-refractivity contribution in [3.8, 4) is 0 Å². The van der Waals surface area contributed by atoms with Crippen LogP contribution in [0.4, 0.5) is 0 Å². The Morgan fingerprint density at radius 1 is 0.935 bits per heavy atom. The van der Waals surface area contributed by atoms with Crippen LogP contribution in [-0.4, -0.2) is 51.4 Å². The number of piperazine rings is 1. The van der Waals surface area contributed by atoms with Crippen molar-refractivity contribution in [2.45, 2.75) is 44.3 Å². The highest BCUT2D eigenvalue weighted by molar-refractivity contribution is 6.04. The topological polar surface area (TPSA) is 67.4 Å². The molecule has 2 aliphatic rings. The fourth-order valence-corrected chi connectivity index (χ4v) is 5.57. The third-order valence-corrected chi connectivity index (χ3v) is 7.15. The molecule has 1 saturated carbocycles. The fraction of sp³-hybridized carbons (Fsp3) is 0.440. The second-order valence-corrected chi connectivity index (χ2v) is 8.94. The molecule has 1 aliphatic heterocycles. The van der Waals surface area contributed by atoms with Crippen LogP contribution in [0.1, 0.15) is 48.0 Å². The summed E-state index contributed by atoms with van der Waals surface area (Å²) in [6.45, 7) is 5.13. The van der Waals surface area contributed by atoms with Gasteiger partial charge in [0.25, 0.3) is 5.91 Å². The molecule has 6 heteroatoms. The van der Waals surface area contributed by atoms with Crippen LogP contribution in [0.3, 0.4) is 0 Å². The maximum atomic E-state index is 12.2. The Balaban J connectivity index is 1.44. The van der Waals surface area contributed by atoms with Gasteiger partial charge in [-0.15, -0.1) is 0 Å². The van der Waals surface area contributed by atoms with Gasteiger partial charge in [-0.05, 0) is 43.4 Å². The minimum Gasteiger partial charge on any atom is -0.366 e. The molecule has 2 aromatic carbocycles. The average Bonchev–Trinajstić information content (AvgIpc) is 3.25. The van der Waals surface area contributed by atoms with Crippen LogP contribution in [0, 0.1) is 0 Å². The van der Waals surface area contributed by atoms with Crippen LogP contribution in [0.2, 0.25) is 0 Å². The summed E-state index contributed by atoms with van der Waals surface area (Å²) in [5, 5.41) is 0. The van der Waals surface area contributed by atoms with Crippen LogP contribution >= 0.6 is 0 Å². The Labute approximate surface area is 183 Å². The lowest BCUT2D eigenvalue weighted by Crippen LogP contribution is -2.58. The van der Waals surface area contributed by atoms with Gasteiger partial charge < -0.3 is 10.3 Å². The molecule has 6 nitrogen and oxygen atoms in total. The summed E-state index contributed by atoms with van der Waals surface area (Å²) < 4.78 is 2.29. The molecule has 1 amide bonds. The number of hydrogen-bond donors (Lipinski definition) is 1. The third-order valence-electron chi connectivity index (χ3n) is 7.15. The van der Waals surface area contributed by atoms with Crippen LogP contribution in [0.5, 0.6) is 0 Å². The number of hydrogen-bond acceptors (Lipinski definition) is 4.